The van der Waals surface area contributed by atoms with Crippen molar-refractivity contribution in [3.63, 3.8) is 0 Å². The summed E-state index contributed by atoms with van der Waals surface area (Å²) in [7, 11) is 0. The number of aliphatic hydroxyl groups excluding tert-OH is 1. The molecule has 4 N–H and O–H groups in total. The van der Waals surface area contributed by atoms with Crippen molar-refractivity contribution >= 4 is 34.9 Å². The third-order valence-corrected chi connectivity index (χ3v) is 6.14. The molecule has 35 heavy (non-hydrogen) atoms. The van der Waals surface area contributed by atoms with E-state index in [1.807, 2.05) is 65.3 Å². The Morgan fingerprint density at radius 1 is 1.09 bits per heavy atom. The van der Waals surface area contributed by atoms with E-state index in [0.29, 0.717) is 45.9 Å². The van der Waals surface area contributed by atoms with Crippen LogP contribution in [-0.4, -0.2) is 83.4 Å². The zero-order valence-electron chi connectivity index (χ0n) is 19.6. The molecule has 11 nitrogen and oxygen atoms in total. The van der Waals surface area contributed by atoms with Crippen LogP contribution >= 0.6 is 0 Å². The zero-order chi connectivity index (χ0) is 24.2. The molecule has 2 aromatic heterocycles. The van der Waals surface area contributed by atoms with E-state index in [-0.39, 0.29) is 6.03 Å². The summed E-state index contributed by atoms with van der Waals surface area (Å²) in [5, 5.41) is 23.4. The average Bonchev–Trinajstić information content (AvgIpc) is 3.29. The number of carbonyl (C=O) groups is 1. The molecule has 2 amide bonds. The standard InChI is InChI=1S/C24H30N8O3/c1-17-15-21(29-28-17)26-20-3-2-4-22(27-20)30-9-11-31(12-10-30)24(34)25-18-5-7-19(8-6-18)32-13-14-35-16-23(32)33/h2-8,15,23,33H,9-14,16H2,1H3,(H,25,34)(H2,26,27,28,29). The molecular weight excluding hydrogens is 448 g/mol. The number of pyridine rings is 1. The van der Waals surface area contributed by atoms with Crippen LogP contribution in [0.2, 0.25) is 0 Å². The maximum Gasteiger partial charge on any atom is 0.321 e. The lowest BCUT2D eigenvalue weighted by Crippen LogP contribution is -2.50. The number of nitrogens with one attached hydrogen (secondary N) is 3. The van der Waals surface area contributed by atoms with Gasteiger partial charge in [0.1, 0.15) is 11.6 Å². The van der Waals surface area contributed by atoms with Crippen LogP contribution in [0.4, 0.5) is 33.6 Å². The van der Waals surface area contributed by atoms with Gasteiger partial charge in [-0.2, -0.15) is 5.10 Å². The lowest BCUT2D eigenvalue weighted by Gasteiger charge is -2.35. The summed E-state index contributed by atoms with van der Waals surface area (Å²) in [5.74, 6) is 2.31. The molecular formula is C24H30N8O3. The highest BCUT2D eigenvalue weighted by atomic mass is 16.5. The molecule has 184 valence electrons. The number of hydrogen-bond donors (Lipinski definition) is 4. The molecule has 1 atom stereocenters. The highest BCUT2D eigenvalue weighted by molar-refractivity contribution is 5.89. The van der Waals surface area contributed by atoms with E-state index in [2.05, 4.69) is 25.7 Å². The van der Waals surface area contributed by atoms with Crippen molar-refractivity contribution in [2.24, 2.45) is 0 Å². The Morgan fingerprint density at radius 3 is 2.60 bits per heavy atom. The molecule has 2 aliphatic heterocycles. The number of nitrogens with zero attached hydrogens (tertiary/aromatic N) is 5. The number of rotatable bonds is 5. The zero-order valence-corrected chi connectivity index (χ0v) is 19.6. The number of hydrogen-bond acceptors (Lipinski definition) is 8. The maximum atomic E-state index is 12.8. The molecule has 1 unspecified atom stereocenters. The number of carbonyl (C=O) groups excluding carboxylic acids is 1. The Bertz CT molecular complexity index is 1140. The summed E-state index contributed by atoms with van der Waals surface area (Å²) >= 11 is 0. The highest BCUT2D eigenvalue weighted by Crippen LogP contribution is 2.22. The van der Waals surface area contributed by atoms with Crippen LogP contribution in [0.25, 0.3) is 0 Å². The van der Waals surface area contributed by atoms with Gasteiger partial charge in [0.15, 0.2) is 12.0 Å². The van der Waals surface area contributed by atoms with Crippen LogP contribution in [0.5, 0.6) is 0 Å². The summed E-state index contributed by atoms with van der Waals surface area (Å²) in [4.78, 5) is 23.4. The Balaban J connectivity index is 1.13. The van der Waals surface area contributed by atoms with Crippen LogP contribution in [0, 0.1) is 6.92 Å². The smallest absolute Gasteiger partial charge is 0.321 e. The van der Waals surface area contributed by atoms with Crippen LogP contribution in [0.15, 0.2) is 48.5 Å². The quantitative estimate of drug-likeness (QED) is 0.441. The van der Waals surface area contributed by atoms with Crippen LogP contribution in [0.3, 0.4) is 0 Å². The molecule has 1 aromatic carbocycles. The van der Waals surface area contributed by atoms with Gasteiger partial charge in [0.05, 0.1) is 13.2 Å². The second kappa shape index (κ2) is 10.2. The molecule has 0 bridgehead atoms. The number of amides is 2. The molecule has 4 heterocycles. The van der Waals surface area contributed by atoms with Crippen LogP contribution in [-0.2, 0) is 4.74 Å². The normalized spacial score (nSPS) is 18.5. The molecule has 2 fully saturated rings. The van der Waals surface area contributed by atoms with Crippen molar-refractivity contribution in [3.05, 3.63) is 54.2 Å². The molecule has 0 aliphatic carbocycles. The van der Waals surface area contributed by atoms with E-state index in [1.165, 1.54) is 0 Å². The van der Waals surface area contributed by atoms with Crippen molar-refractivity contribution in [2.45, 2.75) is 13.2 Å². The largest absolute Gasteiger partial charge is 0.375 e. The molecule has 5 rings (SSSR count). The van der Waals surface area contributed by atoms with E-state index < -0.39 is 6.23 Å². The number of aryl methyl sites for hydroxylation is 1. The van der Waals surface area contributed by atoms with E-state index in [9.17, 15) is 9.90 Å². The molecule has 0 saturated carbocycles. The van der Waals surface area contributed by atoms with Gasteiger partial charge < -0.3 is 35.2 Å². The van der Waals surface area contributed by atoms with Gasteiger partial charge >= 0.3 is 6.03 Å². The van der Waals surface area contributed by atoms with Crippen molar-refractivity contribution in [1.29, 1.82) is 0 Å². The number of anilines is 5. The number of H-pyrrole nitrogens is 1. The summed E-state index contributed by atoms with van der Waals surface area (Å²) in [6.45, 7) is 6.05. The summed E-state index contributed by atoms with van der Waals surface area (Å²) in [6, 6.07) is 15.2. The number of aromatic nitrogens is 3. The first-order chi connectivity index (χ1) is 17.0. The van der Waals surface area contributed by atoms with Crippen LogP contribution < -0.4 is 20.4 Å². The molecule has 11 heteroatoms. The van der Waals surface area contributed by atoms with Crippen molar-refractivity contribution in [1.82, 2.24) is 20.1 Å². The molecule has 3 aromatic rings. The first-order valence-electron chi connectivity index (χ1n) is 11.7. The first kappa shape index (κ1) is 22.9. The SMILES string of the molecule is Cc1cc(Nc2cccc(N3CCN(C(=O)Nc4ccc(N5CCOCC5O)cc4)CC3)n2)n[nH]1. The second-order valence-corrected chi connectivity index (χ2v) is 8.64. The Kier molecular flexibility index (Phi) is 6.68. The van der Waals surface area contributed by atoms with E-state index >= 15 is 0 Å². The Morgan fingerprint density at radius 2 is 1.89 bits per heavy atom. The minimum atomic E-state index is -0.652. The number of urea groups is 1. The van der Waals surface area contributed by atoms with E-state index in [0.717, 1.165) is 34.5 Å². The van der Waals surface area contributed by atoms with Crippen molar-refractivity contribution in [2.75, 3.05) is 66.4 Å². The predicted molar refractivity (Wildman–Crippen MR) is 134 cm³/mol. The number of morpholine rings is 1. The fourth-order valence-corrected chi connectivity index (χ4v) is 4.25. The third-order valence-electron chi connectivity index (χ3n) is 6.14. The molecule has 0 radical (unpaired) electrons. The summed E-state index contributed by atoms with van der Waals surface area (Å²) < 4.78 is 5.28. The van der Waals surface area contributed by atoms with Gasteiger partial charge in [-0.3, -0.25) is 5.10 Å². The van der Waals surface area contributed by atoms with Gasteiger partial charge in [-0.15, -0.1) is 0 Å². The molecule has 0 spiro atoms. The molecule has 2 saturated heterocycles. The van der Waals surface area contributed by atoms with Gasteiger partial charge in [-0.1, -0.05) is 6.07 Å². The Labute approximate surface area is 203 Å². The van der Waals surface area contributed by atoms with E-state index in [4.69, 9.17) is 9.72 Å². The minimum Gasteiger partial charge on any atom is -0.375 e. The number of ether oxygens (including phenoxy) is 1. The third kappa shape index (κ3) is 5.47. The lowest BCUT2D eigenvalue weighted by atomic mass is 10.2. The monoisotopic (exact) mass is 478 g/mol. The Hall–Kier alpha value is -3.83. The number of aliphatic hydroxyl groups is 1. The lowest BCUT2D eigenvalue weighted by molar-refractivity contribution is 0.00633. The number of benzene rings is 1. The van der Waals surface area contributed by atoms with E-state index in [1.54, 1.807) is 0 Å². The van der Waals surface area contributed by atoms with Gasteiger partial charge in [0.2, 0.25) is 0 Å². The van der Waals surface area contributed by atoms with Crippen molar-refractivity contribution in [3.8, 4) is 0 Å². The predicted octanol–water partition coefficient (Wildman–Crippen LogP) is 2.37. The van der Waals surface area contributed by atoms with Gasteiger partial charge in [-0.25, -0.2) is 9.78 Å². The second-order valence-electron chi connectivity index (χ2n) is 8.64. The fraction of sp³-hybridized carbons (Fsp3) is 0.375. The minimum absolute atomic E-state index is 0.124. The first-order valence-corrected chi connectivity index (χ1v) is 11.7. The van der Waals surface area contributed by atoms with Gasteiger partial charge in [0, 0.05) is 55.9 Å². The maximum absolute atomic E-state index is 12.8. The topological polar surface area (TPSA) is 122 Å². The van der Waals surface area contributed by atoms with Gasteiger partial charge in [0.25, 0.3) is 0 Å². The average molecular weight is 479 g/mol. The van der Waals surface area contributed by atoms with Gasteiger partial charge in [-0.05, 0) is 43.3 Å². The highest BCUT2D eigenvalue weighted by Gasteiger charge is 2.23. The number of piperazine rings is 1. The number of aromatic amines is 1. The summed E-state index contributed by atoms with van der Waals surface area (Å²) in [5.41, 5.74) is 2.60. The molecule has 2 aliphatic rings. The van der Waals surface area contributed by atoms with Crippen molar-refractivity contribution < 1.29 is 14.6 Å². The summed E-state index contributed by atoms with van der Waals surface area (Å²) in [6.07, 6.45) is -0.652. The van der Waals surface area contributed by atoms with Crippen LogP contribution in [0.1, 0.15) is 5.69 Å². The fourth-order valence-electron chi connectivity index (χ4n) is 4.25.